The van der Waals surface area contributed by atoms with Crippen molar-refractivity contribution < 1.29 is 4.39 Å². The Morgan fingerprint density at radius 2 is 2.29 bits per heavy atom. The lowest BCUT2D eigenvalue weighted by Gasteiger charge is -2.06. The summed E-state index contributed by atoms with van der Waals surface area (Å²) in [6.45, 7) is 0. The summed E-state index contributed by atoms with van der Waals surface area (Å²) in [6.07, 6.45) is 0. The third-order valence-corrected chi connectivity index (χ3v) is 2.19. The number of hydrogen-bond acceptors (Lipinski definition) is 2. The molecule has 0 unspecified atom stereocenters. The molecule has 0 spiro atoms. The molecule has 14 heavy (non-hydrogen) atoms. The van der Waals surface area contributed by atoms with Crippen LogP contribution in [0.25, 0.3) is 0 Å². The van der Waals surface area contributed by atoms with E-state index in [2.05, 4.69) is 33.5 Å². The number of nitrogens with zero attached hydrogens (tertiary/aromatic N) is 1. The Hall–Kier alpha value is -1.19. The molecule has 6 heteroatoms. The summed E-state index contributed by atoms with van der Waals surface area (Å²) in [7, 11) is 0. The minimum Gasteiger partial charge on any atom is -0.376 e. The number of rotatable bonds is 1. The first-order valence-corrected chi connectivity index (χ1v) is 4.70. The molecule has 0 aromatic heterocycles. The molecular weight excluding hydrogens is 269 g/mol. The van der Waals surface area contributed by atoms with Crippen molar-refractivity contribution in [1.82, 2.24) is 0 Å². The summed E-state index contributed by atoms with van der Waals surface area (Å²) in [4.78, 5) is 0. The molecule has 0 fully saturated rings. The standard InChI is InChI=1S/C8H5BrFN3S/c9-5-1-4(3-11)6(10)2-7(5)13-8(12)14/h1-2H,(H3,12,13,14). The first-order chi connectivity index (χ1) is 6.54. The van der Waals surface area contributed by atoms with E-state index in [4.69, 9.17) is 11.0 Å². The average molecular weight is 274 g/mol. The summed E-state index contributed by atoms with van der Waals surface area (Å²) in [5.41, 5.74) is 5.59. The van der Waals surface area contributed by atoms with E-state index in [1.165, 1.54) is 6.07 Å². The second-order valence-electron chi connectivity index (χ2n) is 2.41. The van der Waals surface area contributed by atoms with Gasteiger partial charge in [-0.15, -0.1) is 0 Å². The van der Waals surface area contributed by atoms with Gasteiger partial charge in [-0.25, -0.2) is 4.39 Å². The molecule has 0 amide bonds. The molecule has 0 atom stereocenters. The fraction of sp³-hybridized carbons (Fsp3) is 0. The highest BCUT2D eigenvalue weighted by molar-refractivity contribution is 9.10. The van der Waals surface area contributed by atoms with E-state index in [-0.39, 0.29) is 10.7 Å². The van der Waals surface area contributed by atoms with Gasteiger partial charge >= 0.3 is 0 Å². The summed E-state index contributed by atoms with van der Waals surface area (Å²) in [6, 6.07) is 4.23. The summed E-state index contributed by atoms with van der Waals surface area (Å²) >= 11 is 7.76. The molecule has 0 saturated carbocycles. The van der Waals surface area contributed by atoms with Crippen molar-refractivity contribution in [3.05, 3.63) is 28.0 Å². The van der Waals surface area contributed by atoms with Crippen LogP contribution >= 0.6 is 28.1 Å². The van der Waals surface area contributed by atoms with Gasteiger partial charge < -0.3 is 11.1 Å². The van der Waals surface area contributed by atoms with E-state index in [1.807, 2.05) is 0 Å². The average Bonchev–Trinajstić information content (AvgIpc) is 2.10. The number of halogens is 2. The van der Waals surface area contributed by atoms with Crippen LogP contribution in [0.5, 0.6) is 0 Å². The van der Waals surface area contributed by atoms with Crippen molar-refractivity contribution >= 4 is 38.9 Å². The van der Waals surface area contributed by atoms with Crippen molar-refractivity contribution in [3.8, 4) is 6.07 Å². The van der Waals surface area contributed by atoms with E-state index in [0.29, 0.717) is 10.2 Å². The molecule has 3 nitrogen and oxygen atoms in total. The molecule has 1 aromatic rings. The first kappa shape index (κ1) is 10.9. The highest BCUT2D eigenvalue weighted by atomic mass is 79.9. The lowest BCUT2D eigenvalue weighted by molar-refractivity contribution is 0.624. The molecule has 72 valence electrons. The molecule has 0 bridgehead atoms. The first-order valence-electron chi connectivity index (χ1n) is 3.50. The number of nitrogens with one attached hydrogen (secondary N) is 1. The van der Waals surface area contributed by atoms with Crippen molar-refractivity contribution in [3.63, 3.8) is 0 Å². The third-order valence-electron chi connectivity index (χ3n) is 1.44. The molecule has 3 N–H and O–H groups in total. The Kier molecular flexibility index (Phi) is 3.38. The Labute approximate surface area is 93.8 Å². The van der Waals surface area contributed by atoms with Gasteiger partial charge in [0.25, 0.3) is 0 Å². The quantitative estimate of drug-likeness (QED) is 0.770. The van der Waals surface area contributed by atoms with Gasteiger partial charge in [0.05, 0.1) is 11.3 Å². The maximum atomic E-state index is 13.1. The van der Waals surface area contributed by atoms with Crippen LogP contribution in [0.2, 0.25) is 0 Å². The second kappa shape index (κ2) is 4.35. The molecule has 0 aliphatic heterocycles. The third kappa shape index (κ3) is 2.40. The fourth-order valence-corrected chi connectivity index (χ4v) is 1.41. The van der Waals surface area contributed by atoms with Gasteiger partial charge in [-0.1, -0.05) is 0 Å². The smallest absolute Gasteiger partial charge is 0.168 e. The Morgan fingerprint density at radius 1 is 1.64 bits per heavy atom. The van der Waals surface area contributed by atoms with E-state index in [1.54, 1.807) is 6.07 Å². The van der Waals surface area contributed by atoms with E-state index in [0.717, 1.165) is 6.07 Å². The summed E-state index contributed by atoms with van der Waals surface area (Å²) < 4.78 is 13.6. The number of nitriles is 1. The van der Waals surface area contributed by atoms with Crippen molar-refractivity contribution in [2.24, 2.45) is 5.73 Å². The van der Waals surface area contributed by atoms with E-state index >= 15 is 0 Å². The van der Waals surface area contributed by atoms with E-state index < -0.39 is 5.82 Å². The lowest BCUT2D eigenvalue weighted by Crippen LogP contribution is -2.19. The van der Waals surface area contributed by atoms with Gasteiger partial charge in [0.2, 0.25) is 0 Å². The van der Waals surface area contributed by atoms with Gasteiger partial charge in [0.15, 0.2) is 5.11 Å². The Bertz CT molecular complexity index is 427. The van der Waals surface area contributed by atoms with Gasteiger partial charge in [0, 0.05) is 4.47 Å². The Balaban J connectivity index is 3.16. The minimum atomic E-state index is -0.616. The maximum Gasteiger partial charge on any atom is 0.168 e. The predicted octanol–water partition coefficient (Wildman–Crippen LogP) is 2.12. The molecule has 1 aromatic carbocycles. The molecule has 0 aliphatic carbocycles. The van der Waals surface area contributed by atoms with Crippen LogP contribution in [0.4, 0.5) is 10.1 Å². The van der Waals surface area contributed by atoms with Gasteiger partial charge in [-0.2, -0.15) is 5.26 Å². The highest BCUT2D eigenvalue weighted by Crippen LogP contribution is 2.25. The van der Waals surface area contributed by atoms with Crippen LogP contribution in [-0.2, 0) is 0 Å². The fourth-order valence-electron chi connectivity index (χ4n) is 0.861. The van der Waals surface area contributed by atoms with Crippen molar-refractivity contribution in [2.45, 2.75) is 0 Å². The molecule has 0 heterocycles. The number of nitrogens with two attached hydrogens (primary N) is 1. The van der Waals surface area contributed by atoms with Gasteiger partial charge in [0.1, 0.15) is 11.9 Å². The van der Waals surface area contributed by atoms with E-state index in [9.17, 15) is 4.39 Å². The van der Waals surface area contributed by atoms with Crippen LogP contribution in [0, 0.1) is 17.1 Å². The maximum absolute atomic E-state index is 13.1. The van der Waals surface area contributed by atoms with Crippen LogP contribution in [0.15, 0.2) is 16.6 Å². The zero-order valence-electron chi connectivity index (χ0n) is 6.84. The van der Waals surface area contributed by atoms with Crippen molar-refractivity contribution in [1.29, 1.82) is 5.26 Å². The molecule has 0 radical (unpaired) electrons. The molecule has 0 saturated heterocycles. The summed E-state index contributed by atoms with van der Waals surface area (Å²) in [5, 5.41) is 11.1. The van der Waals surface area contributed by atoms with Crippen LogP contribution in [-0.4, -0.2) is 5.11 Å². The highest BCUT2D eigenvalue weighted by Gasteiger charge is 2.07. The van der Waals surface area contributed by atoms with Crippen LogP contribution in [0.3, 0.4) is 0 Å². The van der Waals surface area contributed by atoms with Crippen LogP contribution in [0.1, 0.15) is 5.56 Å². The van der Waals surface area contributed by atoms with Crippen LogP contribution < -0.4 is 11.1 Å². The Morgan fingerprint density at radius 3 is 2.79 bits per heavy atom. The normalized spacial score (nSPS) is 9.21. The molecule has 0 aliphatic rings. The lowest BCUT2D eigenvalue weighted by atomic mass is 10.2. The minimum absolute atomic E-state index is 0.0367. The monoisotopic (exact) mass is 273 g/mol. The number of anilines is 1. The number of thiocarbonyl (C=S) groups is 1. The topological polar surface area (TPSA) is 61.8 Å². The van der Waals surface area contributed by atoms with Gasteiger partial charge in [-0.05, 0) is 40.3 Å². The number of benzene rings is 1. The number of hydrogen-bond donors (Lipinski definition) is 2. The second-order valence-corrected chi connectivity index (χ2v) is 3.71. The van der Waals surface area contributed by atoms with Crippen molar-refractivity contribution in [2.75, 3.05) is 5.32 Å². The zero-order valence-corrected chi connectivity index (χ0v) is 9.25. The SMILES string of the molecule is N#Cc1cc(Br)c(NC(N)=S)cc1F. The zero-order chi connectivity index (χ0) is 10.7. The molecular formula is C8H5BrFN3S. The summed E-state index contributed by atoms with van der Waals surface area (Å²) in [5.74, 6) is -0.616. The predicted molar refractivity (Wildman–Crippen MR) is 59.2 cm³/mol. The van der Waals surface area contributed by atoms with Gasteiger partial charge in [-0.3, -0.25) is 0 Å². The largest absolute Gasteiger partial charge is 0.376 e. The molecule has 1 rings (SSSR count).